The summed E-state index contributed by atoms with van der Waals surface area (Å²) in [6.07, 6.45) is 3.74. The molecule has 148 valence electrons. The van der Waals surface area contributed by atoms with E-state index in [0.29, 0.717) is 44.7 Å². The summed E-state index contributed by atoms with van der Waals surface area (Å²) in [6, 6.07) is 1.54. The fourth-order valence-electron chi connectivity index (χ4n) is 3.75. The average molecular weight is 394 g/mol. The molecule has 3 heterocycles. The number of piperazine rings is 1. The molecule has 1 aromatic heterocycles. The third-order valence-corrected chi connectivity index (χ3v) is 7.06. The van der Waals surface area contributed by atoms with Crippen molar-refractivity contribution in [2.75, 3.05) is 49.1 Å². The van der Waals surface area contributed by atoms with E-state index in [-0.39, 0.29) is 29.4 Å². The second kappa shape index (κ2) is 7.84. The highest BCUT2D eigenvalue weighted by Crippen LogP contribution is 2.22. The minimum absolute atomic E-state index is 0.0344. The smallest absolute Gasteiger partial charge is 0.255 e. The van der Waals surface area contributed by atoms with Crippen LogP contribution in [0, 0.1) is 0 Å². The molecule has 2 aliphatic rings. The third-order valence-electron chi connectivity index (χ3n) is 5.31. The zero-order chi connectivity index (χ0) is 19.6. The van der Waals surface area contributed by atoms with Crippen LogP contribution in [0.4, 0.5) is 5.69 Å². The Bertz CT molecular complexity index is 818. The van der Waals surface area contributed by atoms with Crippen LogP contribution in [0.3, 0.4) is 0 Å². The second-order valence-electron chi connectivity index (χ2n) is 7.07. The van der Waals surface area contributed by atoms with Gasteiger partial charge in [0.15, 0.2) is 9.84 Å². The Labute approximate surface area is 160 Å². The Morgan fingerprint density at radius 3 is 2.48 bits per heavy atom. The number of anilines is 1. The Morgan fingerprint density at radius 1 is 1.22 bits per heavy atom. The summed E-state index contributed by atoms with van der Waals surface area (Å²) >= 11 is 0. The number of nitrogens with zero attached hydrogens (tertiary/aromatic N) is 4. The van der Waals surface area contributed by atoms with Gasteiger partial charge in [0.25, 0.3) is 5.91 Å². The van der Waals surface area contributed by atoms with Crippen LogP contribution in [0.5, 0.6) is 0 Å². The Hall–Kier alpha value is -2.16. The summed E-state index contributed by atoms with van der Waals surface area (Å²) < 4.78 is 23.5. The molecule has 9 heteroatoms. The molecule has 1 aromatic rings. The first-order chi connectivity index (χ1) is 12.8. The van der Waals surface area contributed by atoms with Crippen LogP contribution in [0.2, 0.25) is 0 Å². The predicted molar refractivity (Wildman–Crippen MR) is 102 cm³/mol. The molecule has 0 aliphatic carbocycles. The number of hydrogen-bond acceptors (Lipinski definition) is 6. The standard InChI is InChI=1S/C18H26N4O4S/c1-3-22(16-4-9-27(25,26)13-16)18(24)15-10-17(12-19-11-15)21-7-5-20(6-8-21)14(2)23/h10-12,16H,3-9,13H2,1-2H3. The number of hydrogen-bond donors (Lipinski definition) is 0. The topological polar surface area (TPSA) is 90.9 Å². The van der Waals surface area contributed by atoms with Gasteiger partial charge in [-0.1, -0.05) is 0 Å². The number of aromatic nitrogens is 1. The van der Waals surface area contributed by atoms with E-state index in [2.05, 4.69) is 9.88 Å². The highest BCUT2D eigenvalue weighted by Gasteiger charge is 2.34. The van der Waals surface area contributed by atoms with Crippen molar-refractivity contribution in [2.24, 2.45) is 0 Å². The number of sulfone groups is 1. The number of amides is 2. The van der Waals surface area contributed by atoms with E-state index in [1.54, 1.807) is 22.9 Å². The van der Waals surface area contributed by atoms with Gasteiger partial charge in [-0.15, -0.1) is 0 Å². The first kappa shape index (κ1) is 19.6. The average Bonchev–Trinajstić information content (AvgIpc) is 3.02. The van der Waals surface area contributed by atoms with Crippen LogP contribution in [-0.4, -0.2) is 85.3 Å². The fraction of sp³-hybridized carbons (Fsp3) is 0.611. The van der Waals surface area contributed by atoms with Gasteiger partial charge in [0.05, 0.1) is 29.0 Å². The van der Waals surface area contributed by atoms with Crippen LogP contribution in [0.1, 0.15) is 30.6 Å². The lowest BCUT2D eigenvalue weighted by Gasteiger charge is -2.35. The maximum Gasteiger partial charge on any atom is 0.255 e. The molecule has 0 aromatic carbocycles. The molecule has 27 heavy (non-hydrogen) atoms. The molecule has 8 nitrogen and oxygen atoms in total. The molecule has 2 saturated heterocycles. The van der Waals surface area contributed by atoms with Crippen LogP contribution in [-0.2, 0) is 14.6 Å². The van der Waals surface area contributed by atoms with E-state index < -0.39 is 9.84 Å². The molecule has 2 fully saturated rings. The summed E-state index contributed by atoms with van der Waals surface area (Å²) in [5.41, 5.74) is 1.31. The van der Waals surface area contributed by atoms with Crippen molar-refractivity contribution in [3.8, 4) is 0 Å². The second-order valence-corrected chi connectivity index (χ2v) is 9.30. The minimum Gasteiger partial charge on any atom is -0.367 e. The van der Waals surface area contributed by atoms with Gasteiger partial charge in [0.2, 0.25) is 5.91 Å². The van der Waals surface area contributed by atoms with Crippen molar-refractivity contribution in [2.45, 2.75) is 26.3 Å². The van der Waals surface area contributed by atoms with Crippen molar-refractivity contribution in [1.82, 2.24) is 14.8 Å². The van der Waals surface area contributed by atoms with Crippen molar-refractivity contribution in [3.63, 3.8) is 0 Å². The maximum atomic E-state index is 13.0. The van der Waals surface area contributed by atoms with Gasteiger partial charge in [-0.2, -0.15) is 0 Å². The summed E-state index contributed by atoms with van der Waals surface area (Å²) in [5, 5.41) is 0. The molecule has 1 atom stereocenters. The molecule has 0 radical (unpaired) electrons. The predicted octanol–water partition coefficient (Wildman–Crippen LogP) is 0.399. The lowest BCUT2D eigenvalue weighted by molar-refractivity contribution is -0.129. The first-order valence-corrected chi connectivity index (χ1v) is 11.1. The Balaban J connectivity index is 1.73. The van der Waals surface area contributed by atoms with E-state index in [0.717, 1.165) is 5.69 Å². The number of pyridine rings is 1. The monoisotopic (exact) mass is 394 g/mol. The molecular weight excluding hydrogens is 368 g/mol. The molecule has 2 aliphatic heterocycles. The molecule has 0 spiro atoms. The van der Waals surface area contributed by atoms with Gasteiger partial charge in [0.1, 0.15) is 0 Å². The SMILES string of the molecule is CCN(C(=O)c1cncc(N2CCN(C(C)=O)CC2)c1)C1CCS(=O)(=O)C1. The number of rotatable bonds is 4. The van der Waals surface area contributed by atoms with Gasteiger partial charge < -0.3 is 14.7 Å². The minimum atomic E-state index is -3.05. The van der Waals surface area contributed by atoms with Crippen LogP contribution < -0.4 is 4.90 Å². The zero-order valence-corrected chi connectivity index (χ0v) is 16.6. The lowest BCUT2D eigenvalue weighted by atomic mass is 10.1. The first-order valence-electron chi connectivity index (χ1n) is 9.27. The number of carbonyl (C=O) groups excluding carboxylic acids is 2. The van der Waals surface area contributed by atoms with E-state index >= 15 is 0 Å². The molecular formula is C18H26N4O4S. The third kappa shape index (κ3) is 4.40. The molecule has 0 saturated carbocycles. The van der Waals surface area contributed by atoms with Crippen molar-refractivity contribution in [3.05, 3.63) is 24.0 Å². The van der Waals surface area contributed by atoms with E-state index in [1.807, 2.05) is 13.0 Å². The Morgan fingerprint density at radius 2 is 1.93 bits per heavy atom. The zero-order valence-electron chi connectivity index (χ0n) is 15.8. The fourth-order valence-corrected chi connectivity index (χ4v) is 5.48. The highest BCUT2D eigenvalue weighted by molar-refractivity contribution is 7.91. The molecule has 1 unspecified atom stereocenters. The van der Waals surface area contributed by atoms with Crippen LogP contribution >= 0.6 is 0 Å². The van der Waals surface area contributed by atoms with Gasteiger partial charge in [-0.3, -0.25) is 14.6 Å². The van der Waals surface area contributed by atoms with Crippen molar-refractivity contribution >= 4 is 27.3 Å². The normalized spacial score (nSPS) is 21.9. The van der Waals surface area contributed by atoms with E-state index in [9.17, 15) is 18.0 Å². The van der Waals surface area contributed by atoms with Gasteiger partial charge in [-0.05, 0) is 19.4 Å². The van der Waals surface area contributed by atoms with Gasteiger partial charge in [0, 0.05) is 51.9 Å². The molecule has 0 N–H and O–H groups in total. The summed E-state index contributed by atoms with van der Waals surface area (Å²) in [4.78, 5) is 34.2. The molecule has 0 bridgehead atoms. The van der Waals surface area contributed by atoms with Crippen LogP contribution in [0.15, 0.2) is 18.5 Å². The van der Waals surface area contributed by atoms with Crippen LogP contribution in [0.25, 0.3) is 0 Å². The van der Waals surface area contributed by atoms with E-state index in [1.165, 1.54) is 6.20 Å². The molecule has 2 amide bonds. The summed E-state index contributed by atoms with van der Waals surface area (Å²) in [7, 11) is -3.05. The number of carbonyl (C=O) groups is 2. The quantitative estimate of drug-likeness (QED) is 0.734. The van der Waals surface area contributed by atoms with E-state index in [4.69, 9.17) is 0 Å². The lowest BCUT2D eigenvalue weighted by Crippen LogP contribution is -2.48. The van der Waals surface area contributed by atoms with Gasteiger partial charge >= 0.3 is 0 Å². The molecule has 3 rings (SSSR count). The summed E-state index contributed by atoms with van der Waals surface area (Å²) in [5.74, 6) is 0.0606. The maximum absolute atomic E-state index is 13.0. The Kier molecular flexibility index (Phi) is 5.69. The largest absolute Gasteiger partial charge is 0.367 e. The summed E-state index contributed by atoms with van der Waals surface area (Å²) in [6.45, 7) is 6.57. The highest BCUT2D eigenvalue weighted by atomic mass is 32.2. The van der Waals surface area contributed by atoms with Crippen molar-refractivity contribution < 1.29 is 18.0 Å². The van der Waals surface area contributed by atoms with Crippen molar-refractivity contribution in [1.29, 1.82) is 0 Å². The van der Waals surface area contributed by atoms with Gasteiger partial charge in [-0.25, -0.2) is 8.42 Å².